The SMILES string of the molecule is COC(=O)C1=C(C)N=c2sc(=Cc3ccc(OC(=O)c4ccc(OC)cc4)cc3)c(=O)n2C1c1ccccc1. The number of ether oxygens (including phenoxy) is 3. The van der Waals surface area contributed by atoms with Crippen LogP contribution in [-0.4, -0.2) is 30.7 Å². The summed E-state index contributed by atoms with van der Waals surface area (Å²) in [6, 6.07) is 22.2. The van der Waals surface area contributed by atoms with E-state index in [0.717, 1.165) is 11.1 Å². The van der Waals surface area contributed by atoms with E-state index in [1.807, 2.05) is 30.3 Å². The number of hydrogen-bond acceptors (Lipinski definition) is 8. The van der Waals surface area contributed by atoms with Gasteiger partial charge in [0, 0.05) is 0 Å². The third-order valence-corrected chi connectivity index (χ3v) is 7.24. The van der Waals surface area contributed by atoms with Gasteiger partial charge in [0.05, 0.1) is 41.6 Å². The van der Waals surface area contributed by atoms with Crippen LogP contribution in [0.25, 0.3) is 6.08 Å². The van der Waals surface area contributed by atoms with E-state index in [1.165, 1.54) is 23.0 Å². The third-order valence-electron chi connectivity index (χ3n) is 6.26. The van der Waals surface area contributed by atoms with Crippen LogP contribution >= 0.6 is 11.3 Å². The van der Waals surface area contributed by atoms with Crippen molar-refractivity contribution in [3.05, 3.63) is 127 Å². The number of hydrogen-bond donors (Lipinski definition) is 0. The van der Waals surface area contributed by atoms with Crippen LogP contribution in [0.3, 0.4) is 0 Å². The van der Waals surface area contributed by atoms with E-state index in [2.05, 4.69) is 4.99 Å². The second-order valence-electron chi connectivity index (χ2n) is 8.67. The third kappa shape index (κ3) is 5.17. The van der Waals surface area contributed by atoms with E-state index in [4.69, 9.17) is 14.2 Å². The van der Waals surface area contributed by atoms with Crippen molar-refractivity contribution in [1.29, 1.82) is 0 Å². The molecule has 1 aromatic heterocycles. The van der Waals surface area contributed by atoms with Gasteiger partial charge >= 0.3 is 11.9 Å². The van der Waals surface area contributed by atoms with Crippen molar-refractivity contribution in [1.82, 2.24) is 4.57 Å². The lowest BCUT2D eigenvalue weighted by Gasteiger charge is -2.24. The molecule has 4 aromatic rings. The van der Waals surface area contributed by atoms with Crippen LogP contribution in [0.15, 0.2) is 99.9 Å². The number of benzene rings is 3. The summed E-state index contributed by atoms with van der Waals surface area (Å²) in [7, 11) is 2.87. The average Bonchev–Trinajstić information content (AvgIpc) is 3.27. The molecule has 0 radical (unpaired) electrons. The van der Waals surface area contributed by atoms with E-state index >= 15 is 0 Å². The molecule has 0 fully saturated rings. The molecule has 3 aromatic carbocycles. The Morgan fingerprint density at radius 2 is 1.56 bits per heavy atom. The maximum atomic E-state index is 13.6. The number of allylic oxidation sites excluding steroid dienone is 1. The van der Waals surface area contributed by atoms with Gasteiger partial charge in [-0.05, 0) is 60.5 Å². The molecule has 39 heavy (non-hydrogen) atoms. The summed E-state index contributed by atoms with van der Waals surface area (Å²) in [5, 5.41) is 0. The van der Waals surface area contributed by atoms with Gasteiger partial charge in [-0.1, -0.05) is 53.8 Å². The maximum absolute atomic E-state index is 13.6. The zero-order valence-electron chi connectivity index (χ0n) is 21.4. The quantitative estimate of drug-likeness (QED) is 0.274. The summed E-state index contributed by atoms with van der Waals surface area (Å²) in [6.45, 7) is 1.74. The van der Waals surface area contributed by atoms with E-state index in [9.17, 15) is 14.4 Å². The predicted molar refractivity (Wildman–Crippen MR) is 147 cm³/mol. The summed E-state index contributed by atoms with van der Waals surface area (Å²) < 4.78 is 17.6. The fraction of sp³-hybridized carbons (Fsp3) is 0.133. The molecule has 0 amide bonds. The number of aromatic nitrogens is 1. The molecule has 5 rings (SSSR count). The molecule has 0 N–H and O–H groups in total. The first kappa shape index (κ1) is 25.9. The van der Waals surface area contributed by atoms with Gasteiger partial charge in [0.1, 0.15) is 11.5 Å². The Kier molecular flexibility index (Phi) is 7.25. The van der Waals surface area contributed by atoms with Crippen molar-refractivity contribution < 1.29 is 23.8 Å². The topological polar surface area (TPSA) is 96.2 Å². The van der Waals surface area contributed by atoms with Gasteiger partial charge < -0.3 is 14.2 Å². The largest absolute Gasteiger partial charge is 0.497 e. The fourth-order valence-electron chi connectivity index (χ4n) is 4.32. The standard InChI is InChI=1S/C30H24N2O6S/c1-18-25(29(35)37-3)26(20-7-5-4-6-8-20)32-27(33)24(39-30(32)31-18)17-19-9-13-23(14-10-19)38-28(34)21-11-15-22(36-2)16-12-21/h4-17,26H,1-3H3. The Labute approximate surface area is 227 Å². The van der Waals surface area contributed by atoms with Gasteiger partial charge in [-0.15, -0.1) is 0 Å². The molecule has 2 heterocycles. The van der Waals surface area contributed by atoms with Crippen LogP contribution in [0.4, 0.5) is 0 Å². The maximum Gasteiger partial charge on any atom is 0.343 e. The van der Waals surface area contributed by atoms with Crippen LogP contribution in [0.1, 0.15) is 34.5 Å². The molecular formula is C30H24N2O6S. The van der Waals surface area contributed by atoms with Crippen molar-refractivity contribution in [2.75, 3.05) is 14.2 Å². The second kappa shape index (κ2) is 10.9. The van der Waals surface area contributed by atoms with Crippen molar-refractivity contribution in [3.8, 4) is 11.5 Å². The number of nitrogens with zero attached hydrogens (tertiary/aromatic N) is 2. The Hall–Kier alpha value is -4.76. The van der Waals surface area contributed by atoms with Gasteiger partial charge in [-0.3, -0.25) is 9.36 Å². The molecule has 0 aliphatic carbocycles. The van der Waals surface area contributed by atoms with Gasteiger partial charge in [0.15, 0.2) is 4.80 Å². The molecule has 1 unspecified atom stereocenters. The summed E-state index contributed by atoms with van der Waals surface area (Å²) in [5.41, 5.74) is 2.48. The lowest BCUT2D eigenvalue weighted by molar-refractivity contribution is -0.136. The van der Waals surface area contributed by atoms with Gasteiger partial charge in [-0.2, -0.15) is 0 Å². The first-order chi connectivity index (χ1) is 18.9. The van der Waals surface area contributed by atoms with Crippen molar-refractivity contribution in [2.24, 2.45) is 4.99 Å². The molecule has 0 saturated heterocycles. The highest BCUT2D eigenvalue weighted by Gasteiger charge is 2.32. The zero-order chi connectivity index (χ0) is 27.5. The fourth-order valence-corrected chi connectivity index (χ4v) is 5.37. The molecule has 8 nitrogen and oxygen atoms in total. The van der Waals surface area contributed by atoms with Crippen LogP contribution in [0, 0.1) is 0 Å². The molecule has 196 valence electrons. The van der Waals surface area contributed by atoms with Gasteiger partial charge in [0.25, 0.3) is 5.56 Å². The average molecular weight is 541 g/mol. The van der Waals surface area contributed by atoms with Gasteiger partial charge in [0.2, 0.25) is 0 Å². The van der Waals surface area contributed by atoms with E-state index < -0.39 is 18.0 Å². The molecule has 1 atom stereocenters. The Bertz CT molecular complexity index is 1750. The van der Waals surface area contributed by atoms with Crippen LogP contribution in [-0.2, 0) is 9.53 Å². The van der Waals surface area contributed by atoms with Gasteiger partial charge in [-0.25, -0.2) is 14.6 Å². The minimum Gasteiger partial charge on any atom is -0.497 e. The smallest absolute Gasteiger partial charge is 0.343 e. The highest BCUT2D eigenvalue weighted by Crippen LogP contribution is 2.30. The number of carbonyl (C=O) groups excluding carboxylic acids is 2. The van der Waals surface area contributed by atoms with Crippen LogP contribution < -0.4 is 24.4 Å². The Morgan fingerprint density at radius 1 is 0.897 bits per heavy atom. The summed E-state index contributed by atoms with van der Waals surface area (Å²) >= 11 is 1.24. The van der Waals surface area contributed by atoms with Crippen LogP contribution in [0.5, 0.6) is 11.5 Å². The highest BCUT2D eigenvalue weighted by atomic mass is 32.1. The Balaban J connectivity index is 1.47. The first-order valence-corrected chi connectivity index (χ1v) is 12.8. The summed E-state index contributed by atoms with van der Waals surface area (Å²) in [6.07, 6.45) is 1.75. The number of fused-ring (bicyclic) bond motifs is 1. The molecule has 0 bridgehead atoms. The molecule has 1 aliphatic heterocycles. The van der Waals surface area contributed by atoms with E-state index in [1.54, 1.807) is 68.6 Å². The molecule has 0 spiro atoms. The van der Waals surface area contributed by atoms with Crippen molar-refractivity contribution in [3.63, 3.8) is 0 Å². The molecule has 9 heteroatoms. The molecule has 0 saturated carbocycles. The molecule has 1 aliphatic rings. The van der Waals surface area contributed by atoms with Crippen LogP contribution in [0.2, 0.25) is 0 Å². The summed E-state index contributed by atoms with van der Waals surface area (Å²) in [5.74, 6) is 0.000340. The minimum atomic E-state index is -0.656. The monoisotopic (exact) mass is 540 g/mol. The number of esters is 2. The number of rotatable bonds is 6. The summed E-state index contributed by atoms with van der Waals surface area (Å²) in [4.78, 5) is 43.8. The zero-order valence-corrected chi connectivity index (χ0v) is 22.2. The normalized spacial score (nSPS) is 14.8. The number of carbonyl (C=O) groups is 2. The number of methoxy groups -OCH3 is 2. The second-order valence-corrected chi connectivity index (χ2v) is 9.68. The Morgan fingerprint density at radius 3 is 2.21 bits per heavy atom. The lowest BCUT2D eigenvalue weighted by atomic mass is 9.96. The predicted octanol–water partition coefficient (Wildman–Crippen LogP) is 3.64. The van der Waals surface area contributed by atoms with E-state index in [0.29, 0.717) is 37.7 Å². The van der Waals surface area contributed by atoms with Crippen molar-refractivity contribution >= 4 is 29.4 Å². The first-order valence-electron chi connectivity index (χ1n) is 12.0. The molecular weight excluding hydrogens is 516 g/mol. The lowest BCUT2D eigenvalue weighted by Crippen LogP contribution is -2.39. The highest BCUT2D eigenvalue weighted by molar-refractivity contribution is 7.07. The number of thiazole rings is 1. The minimum absolute atomic E-state index is 0.267. The van der Waals surface area contributed by atoms with Crippen molar-refractivity contribution in [2.45, 2.75) is 13.0 Å². The van der Waals surface area contributed by atoms with E-state index in [-0.39, 0.29) is 5.56 Å².